The van der Waals surface area contributed by atoms with E-state index in [1.807, 2.05) is 18.2 Å². The first-order valence-electron chi connectivity index (χ1n) is 6.35. The number of benzene rings is 1. The molecule has 1 aliphatic heterocycles. The maximum absolute atomic E-state index is 12.0. The molecule has 0 atom stereocenters. The number of nitrogens with zero attached hydrogens (tertiary/aromatic N) is 3. The van der Waals surface area contributed by atoms with Crippen molar-refractivity contribution in [1.29, 1.82) is 0 Å². The fourth-order valence-electron chi connectivity index (χ4n) is 2.43. The molecule has 98 valence electrons. The van der Waals surface area contributed by atoms with Crippen LogP contribution in [0.2, 0.25) is 0 Å². The van der Waals surface area contributed by atoms with Gasteiger partial charge in [-0.1, -0.05) is 0 Å². The molecule has 0 fully saturated rings. The van der Waals surface area contributed by atoms with Gasteiger partial charge in [0.05, 0.1) is 22.3 Å². The fourth-order valence-corrected chi connectivity index (χ4v) is 2.43. The summed E-state index contributed by atoms with van der Waals surface area (Å²) in [5.74, 6) is 0.574. The van der Waals surface area contributed by atoms with Crippen molar-refractivity contribution in [2.45, 2.75) is 13.1 Å². The number of rotatable bonds is 1. The van der Waals surface area contributed by atoms with Gasteiger partial charge in [-0.3, -0.25) is 14.8 Å². The number of nitrogens with one attached hydrogen (secondary N) is 2. The van der Waals surface area contributed by atoms with Crippen LogP contribution in [0.3, 0.4) is 0 Å². The first-order valence-corrected chi connectivity index (χ1v) is 6.35. The van der Waals surface area contributed by atoms with E-state index >= 15 is 0 Å². The highest BCUT2D eigenvalue weighted by atomic mass is 16.1. The van der Waals surface area contributed by atoms with E-state index in [0.29, 0.717) is 18.9 Å². The van der Waals surface area contributed by atoms with Gasteiger partial charge in [0, 0.05) is 31.0 Å². The van der Waals surface area contributed by atoms with Crippen molar-refractivity contribution < 1.29 is 0 Å². The van der Waals surface area contributed by atoms with Crippen LogP contribution in [0.1, 0.15) is 11.3 Å². The molecule has 2 aromatic heterocycles. The van der Waals surface area contributed by atoms with Gasteiger partial charge >= 0.3 is 0 Å². The van der Waals surface area contributed by atoms with Gasteiger partial charge in [-0.2, -0.15) is 0 Å². The van der Waals surface area contributed by atoms with Gasteiger partial charge < -0.3 is 10.3 Å². The Labute approximate surface area is 113 Å². The summed E-state index contributed by atoms with van der Waals surface area (Å²) in [6.45, 7) is 1.22. The van der Waals surface area contributed by atoms with Crippen LogP contribution in [-0.2, 0) is 13.1 Å². The number of hydrogen-bond donors (Lipinski definition) is 2. The first kappa shape index (κ1) is 11.2. The highest BCUT2D eigenvalue weighted by molar-refractivity contribution is 5.79. The van der Waals surface area contributed by atoms with Crippen LogP contribution in [-0.4, -0.2) is 19.9 Å². The molecular formula is C14H11N5O. The molecule has 0 radical (unpaired) electrons. The van der Waals surface area contributed by atoms with Crippen LogP contribution in [0.25, 0.3) is 22.4 Å². The monoisotopic (exact) mass is 265 g/mol. The number of aromatic amines is 1. The molecule has 0 spiro atoms. The Morgan fingerprint density at radius 1 is 1.05 bits per heavy atom. The highest BCUT2D eigenvalue weighted by Crippen LogP contribution is 2.20. The van der Waals surface area contributed by atoms with Crippen LogP contribution in [0.4, 0.5) is 0 Å². The Balaban J connectivity index is 1.91. The Hall–Kier alpha value is -2.60. The summed E-state index contributed by atoms with van der Waals surface area (Å²) in [6, 6.07) is 5.66. The van der Waals surface area contributed by atoms with E-state index in [-0.39, 0.29) is 5.56 Å². The molecule has 1 aliphatic rings. The van der Waals surface area contributed by atoms with Crippen LogP contribution in [0.15, 0.2) is 35.4 Å². The van der Waals surface area contributed by atoms with E-state index in [4.69, 9.17) is 0 Å². The summed E-state index contributed by atoms with van der Waals surface area (Å²) in [7, 11) is 0. The number of fused-ring (bicyclic) bond motifs is 2. The predicted molar refractivity (Wildman–Crippen MR) is 73.9 cm³/mol. The van der Waals surface area contributed by atoms with Crippen molar-refractivity contribution in [3.05, 3.63) is 52.2 Å². The van der Waals surface area contributed by atoms with Crippen molar-refractivity contribution in [3.8, 4) is 11.4 Å². The molecule has 6 heteroatoms. The minimum Gasteiger partial charge on any atom is -0.307 e. The molecule has 0 saturated carbocycles. The second-order valence-corrected chi connectivity index (χ2v) is 4.70. The van der Waals surface area contributed by atoms with E-state index in [0.717, 1.165) is 27.9 Å². The third-order valence-electron chi connectivity index (χ3n) is 3.44. The van der Waals surface area contributed by atoms with Gasteiger partial charge in [0.2, 0.25) is 0 Å². The smallest absolute Gasteiger partial charge is 0.255 e. The molecule has 3 heterocycles. The fraction of sp³-hybridized carbons (Fsp3) is 0.143. The SMILES string of the molecule is O=c1[nH]c(-c2ccc3nccnc3c2)nc2c1CNC2. The second kappa shape index (κ2) is 4.21. The molecule has 1 aromatic carbocycles. The largest absolute Gasteiger partial charge is 0.307 e. The van der Waals surface area contributed by atoms with Gasteiger partial charge in [0.15, 0.2) is 0 Å². The van der Waals surface area contributed by atoms with Crippen molar-refractivity contribution in [1.82, 2.24) is 25.3 Å². The second-order valence-electron chi connectivity index (χ2n) is 4.70. The lowest BCUT2D eigenvalue weighted by Crippen LogP contribution is -2.15. The third kappa shape index (κ3) is 1.70. The summed E-state index contributed by atoms with van der Waals surface area (Å²) in [6.07, 6.45) is 3.30. The van der Waals surface area contributed by atoms with Crippen LogP contribution >= 0.6 is 0 Å². The molecule has 0 saturated heterocycles. The van der Waals surface area contributed by atoms with Crippen molar-refractivity contribution in [2.24, 2.45) is 0 Å². The molecule has 0 aliphatic carbocycles. The average molecular weight is 265 g/mol. The van der Waals surface area contributed by atoms with Gasteiger partial charge in [-0.25, -0.2) is 4.98 Å². The number of hydrogen-bond acceptors (Lipinski definition) is 5. The summed E-state index contributed by atoms with van der Waals surface area (Å²) >= 11 is 0. The van der Waals surface area contributed by atoms with Crippen molar-refractivity contribution in [3.63, 3.8) is 0 Å². The Bertz CT molecular complexity index is 871. The maximum Gasteiger partial charge on any atom is 0.255 e. The molecule has 3 aromatic rings. The molecule has 0 amide bonds. The Kier molecular flexibility index (Phi) is 2.37. The number of H-pyrrole nitrogens is 1. The molecule has 2 N–H and O–H groups in total. The van der Waals surface area contributed by atoms with E-state index in [9.17, 15) is 4.79 Å². The van der Waals surface area contributed by atoms with E-state index in [1.165, 1.54) is 0 Å². The van der Waals surface area contributed by atoms with Gasteiger partial charge in [-0.15, -0.1) is 0 Å². The van der Waals surface area contributed by atoms with Crippen molar-refractivity contribution >= 4 is 11.0 Å². The normalized spacial score (nSPS) is 13.6. The first-order chi connectivity index (χ1) is 9.81. The molecule has 0 bridgehead atoms. The molecule has 0 unspecified atom stereocenters. The molecule has 20 heavy (non-hydrogen) atoms. The quantitative estimate of drug-likeness (QED) is 0.685. The Morgan fingerprint density at radius 2 is 1.90 bits per heavy atom. The van der Waals surface area contributed by atoms with Crippen LogP contribution < -0.4 is 10.9 Å². The zero-order chi connectivity index (χ0) is 13.5. The van der Waals surface area contributed by atoms with E-state index in [1.54, 1.807) is 12.4 Å². The lowest BCUT2D eigenvalue weighted by molar-refractivity contribution is 0.757. The molecular weight excluding hydrogens is 254 g/mol. The van der Waals surface area contributed by atoms with Gasteiger partial charge in [0.1, 0.15) is 5.82 Å². The van der Waals surface area contributed by atoms with Crippen molar-refractivity contribution in [2.75, 3.05) is 0 Å². The summed E-state index contributed by atoms with van der Waals surface area (Å²) < 4.78 is 0. The highest BCUT2D eigenvalue weighted by Gasteiger charge is 2.17. The lowest BCUT2D eigenvalue weighted by Gasteiger charge is -2.04. The van der Waals surface area contributed by atoms with E-state index < -0.39 is 0 Å². The minimum atomic E-state index is -0.0748. The summed E-state index contributed by atoms with van der Waals surface area (Å²) in [5, 5.41) is 3.13. The molecule has 6 nitrogen and oxygen atoms in total. The summed E-state index contributed by atoms with van der Waals surface area (Å²) in [5.41, 5.74) is 3.92. The van der Waals surface area contributed by atoms with Gasteiger partial charge in [0.25, 0.3) is 5.56 Å². The minimum absolute atomic E-state index is 0.0748. The zero-order valence-electron chi connectivity index (χ0n) is 10.6. The maximum atomic E-state index is 12.0. The topological polar surface area (TPSA) is 83.6 Å². The molecule has 4 rings (SSSR count). The standard InChI is InChI=1S/C14H11N5O/c20-14-9-6-15-7-12(9)18-13(19-14)8-1-2-10-11(5-8)17-4-3-16-10/h1-5,15H,6-7H2,(H,18,19,20). The third-order valence-corrected chi connectivity index (χ3v) is 3.44. The van der Waals surface area contributed by atoms with Crippen LogP contribution in [0.5, 0.6) is 0 Å². The lowest BCUT2D eigenvalue weighted by atomic mass is 10.1. The van der Waals surface area contributed by atoms with Gasteiger partial charge in [-0.05, 0) is 18.2 Å². The average Bonchev–Trinajstić information content (AvgIpc) is 2.96. The predicted octanol–water partition coefficient (Wildman–Crippen LogP) is 0.983. The zero-order valence-corrected chi connectivity index (χ0v) is 10.6. The van der Waals surface area contributed by atoms with Crippen LogP contribution in [0, 0.1) is 0 Å². The summed E-state index contributed by atoms with van der Waals surface area (Å²) in [4.78, 5) is 27.9. The number of aromatic nitrogens is 4. The Morgan fingerprint density at radius 3 is 2.80 bits per heavy atom. The van der Waals surface area contributed by atoms with E-state index in [2.05, 4.69) is 25.3 Å².